The molecule has 10 heteroatoms. The van der Waals surface area contributed by atoms with Gasteiger partial charge < -0.3 is 15.2 Å². The Morgan fingerprint density at radius 1 is 1.23 bits per heavy atom. The van der Waals surface area contributed by atoms with Gasteiger partial charge in [0.05, 0.1) is 11.7 Å². The largest absolute Gasteiger partial charge is 0.349 e. The number of fused-ring (bicyclic) bond motifs is 3. The molecular weight excluding hydrogens is 418 g/mol. The maximum Gasteiger partial charge on any atom is 0.274 e. The number of benzene rings is 1. The minimum Gasteiger partial charge on any atom is -0.349 e. The predicted molar refractivity (Wildman–Crippen MR) is 115 cm³/mol. The van der Waals surface area contributed by atoms with Crippen molar-refractivity contribution in [1.29, 1.82) is 0 Å². The van der Waals surface area contributed by atoms with Gasteiger partial charge in [-0.1, -0.05) is 6.07 Å². The maximum atomic E-state index is 12.9. The van der Waals surface area contributed by atoms with Crippen molar-refractivity contribution in [3.8, 4) is 0 Å². The Labute approximate surface area is 178 Å². The number of amides is 2. The molecule has 1 fully saturated rings. The number of nitrogens with two attached hydrogens (primary N) is 1. The Hall–Kier alpha value is -3.24. The van der Waals surface area contributed by atoms with Gasteiger partial charge in [-0.3, -0.25) is 9.59 Å². The number of primary sulfonamides is 1. The van der Waals surface area contributed by atoms with Gasteiger partial charge in [0, 0.05) is 11.9 Å². The highest BCUT2D eigenvalue weighted by Crippen LogP contribution is 2.41. The first-order valence-electron chi connectivity index (χ1n) is 10.0. The summed E-state index contributed by atoms with van der Waals surface area (Å²) in [7, 11) is -4.02. The van der Waals surface area contributed by atoms with Gasteiger partial charge in [0.15, 0.2) is 0 Å². The van der Waals surface area contributed by atoms with Gasteiger partial charge in [0.25, 0.3) is 11.8 Å². The first-order valence-corrected chi connectivity index (χ1v) is 11.6. The summed E-state index contributed by atoms with van der Waals surface area (Å²) in [4.78, 5) is 29.4. The normalized spacial score (nSPS) is 18.5. The minimum absolute atomic E-state index is 0.0139. The van der Waals surface area contributed by atoms with Crippen LogP contribution in [0.25, 0.3) is 11.0 Å². The van der Waals surface area contributed by atoms with Crippen LogP contribution in [0, 0.1) is 0 Å². The molecule has 0 bridgehead atoms. The highest BCUT2D eigenvalue weighted by atomic mass is 32.2. The van der Waals surface area contributed by atoms with Crippen LogP contribution < -0.4 is 15.8 Å². The number of sulfonamides is 1. The van der Waals surface area contributed by atoms with E-state index in [1.807, 2.05) is 17.6 Å². The van der Waals surface area contributed by atoms with Crippen LogP contribution in [0.2, 0.25) is 0 Å². The number of rotatable bonds is 4. The van der Waals surface area contributed by atoms with Crippen LogP contribution in [0.3, 0.4) is 0 Å². The van der Waals surface area contributed by atoms with Crippen molar-refractivity contribution in [2.24, 2.45) is 5.14 Å². The molecule has 31 heavy (non-hydrogen) atoms. The van der Waals surface area contributed by atoms with Crippen molar-refractivity contribution in [2.75, 3.05) is 11.9 Å². The summed E-state index contributed by atoms with van der Waals surface area (Å²) >= 11 is 0. The minimum atomic E-state index is -4.02. The van der Waals surface area contributed by atoms with E-state index in [4.69, 9.17) is 5.14 Å². The molecule has 160 valence electrons. The fraction of sp³-hybridized carbons (Fsp3) is 0.286. The summed E-state index contributed by atoms with van der Waals surface area (Å²) < 4.78 is 26.0. The molecule has 0 spiro atoms. The lowest BCUT2D eigenvalue weighted by Gasteiger charge is -2.23. The van der Waals surface area contributed by atoms with Crippen molar-refractivity contribution in [1.82, 2.24) is 14.9 Å². The molecule has 4 N–H and O–H groups in total. The molecule has 3 aromatic rings. The fourth-order valence-electron chi connectivity index (χ4n) is 4.00. The first kappa shape index (κ1) is 19.7. The summed E-state index contributed by atoms with van der Waals surface area (Å²) in [6, 6.07) is 9.89. The van der Waals surface area contributed by atoms with E-state index in [1.165, 1.54) is 6.07 Å². The van der Waals surface area contributed by atoms with Crippen molar-refractivity contribution >= 4 is 38.6 Å². The van der Waals surface area contributed by atoms with Crippen LogP contribution in [0.1, 0.15) is 58.3 Å². The van der Waals surface area contributed by atoms with E-state index in [-0.39, 0.29) is 28.2 Å². The molecule has 2 aliphatic rings. The van der Waals surface area contributed by atoms with Gasteiger partial charge in [0.2, 0.25) is 10.0 Å². The number of carbonyl (C=O) groups excluding carboxylic acids is 2. The summed E-state index contributed by atoms with van der Waals surface area (Å²) in [5.74, 6) is -0.404. The number of pyridine rings is 1. The molecule has 0 unspecified atom stereocenters. The lowest BCUT2D eigenvalue weighted by atomic mass is 10.1. The Bertz CT molecular complexity index is 1360. The lowest BCUT2D eigenvalue weighted by Crippen LogP contribution is -2.37. The zero-order valence-corrected chi connectivity index (χ0v) is 17.6. The summed E-state index contributed by atoms with van der Waals surface area (Å²) in [5.41, 5.74) is 2.14. The zero-order chi connectivity index (χ0) is 21.9. The third kappa shape index (κ3) is 3.47. The predicted octanol–water partition coefficient (Wildman–Crippen LogP) is 2.12. The maximum absolute atomic E-state index is 12.9. The van der Waals surface area contributed by atoms with Crippen LogP contribution in [-0.2, 0) is 10.0 Å². The third-order valence-corrected chi connectivity index (χ3v) is 6.71. The molecule has 0 radical (unpaired) electrons. The number of nitrogens with one attached hydrogen (secondary N) is 2. The molecule has 1 aliphatic heterocycles. The number of nitrogens with zero attached hydrogens (tertiary/aromatic N) is 2. The second-order valence-corrected chi connectivity index (χ2v) is 9.63. The van der Waals surface area contributed by atoms with E-state index in [9.17, 15) is 18.0 Å². The highest BCUT2D eigenvalue weighted by Gasteiger charge is 2.28. The fourth-order valence-corrected chi connectivity index (χ4v) is 4.73. The number of hydrogen-bond donors (Lipinski definition) is 3. The van der Waals surface area contributed by atoms with Gasteiger partial charge in [-0.05, 0) is 61.6 Å². The Morgan fingerprint density at radius 2 is 2.00 bits per heavy atom. The van der Waals surface area contributed by atoms with Gasteiger partial charge in [0.1, 0.15) is 21.9 Å². The molecule has 1 saturated carbocycles. The average molecular weight is 439 g/mol. The van der Waals surface area contributed by atoms with Gasteiger partial charge in [-0.2, -0.15) is 0 Å². The van der Waals surface area contributed by atoms with Crippen LogP contribution >= 0.6 is 0 Å². The Balaban J connectivity index is 1.51. The SMILES string of the molecule is C[C@@H]1CNC(=O)c2cc3ccc(C(=O)Nc4ccc(C5CC5)cc4S(N)(=O)=O)nc3n21. The van der Waals surface area contributed by atoms with Crippen molar-refractivity contribution in [3.63, 3.8) is 0 Å². The molecule has 1 atom stereocenters. The van der Waals surface area contributed by atoms with Crippen molar-refractivity contribution in [2.45, 2.75) is 36.6 Å². The van der Waals surface area contributed by atoms with Gasteiger partial charge >= 0.3 is 0 Å². The molecular formula is C21H21N5O4S. The van der Waals surface area contributed by atoms with E-state index in [1.54, 1.807) is 24.3 Å². The molecule has 0 saturated heterocycles. The highest BCUT2D eigenvalue weighted by molar-refractivity contribution is 7.89. The van der Waals surface area contributed by atoms with Crippen LogP contribution in [0.4, 0.5) is 5.69 Å². The standard InChI is InChI=1S/C21H21N5O4S/c1-11-10-23-21(28)17-8-14-5-7-16(24-19(14)26(11)17)20(27)25-15-6-4-13(12-2-3-12)9-18(15)31(22,29)30/h4-9,11-12H,2-3,10H2,1H3,(H,23,28)(H,25,27)(H2,22,29,30)/t11-/m1/s1. The van der Waals surface area contributed by atoms with Crippen molar-refractivity contribution < 1.29 is 18.0 Å². The molecule has 2 aromatic heterocycles. The van der Waals surface area contributed by atoms with Gasteiger partial charge in [-0.25, -0.2) is 18.5 Å². The van der Waals surface area contributed by atoms with E-state index in [0.29, 0.717) is 23.8 Å². The molecule has 1 aliphatic carbocycles. The van der Waals surface area contributed by atoms with Crippen LogP contribution in [-0.4, -0.2) is 36.3 Å². The van der Waals surface area contributed by atoms with Gasteiger partial charge in [-0.15, -0.1) is 0 Å². The summed E-state index contributed by atoms with van der Waals surface area (Å²) in [5, 5.41) is 11.6. The van der Waals surface area contributed by atoms with Crippen LogP contribution in [0.15, 0.2) is 41.3 Å². The molecule has 3 heterocycles. The Kier molecular flexibility index (Phi) is 4.38. The second-order valence-electron chi connectivity index (χ2n) is 8.10. The first-order chi connectivity index (χ1) is 14.7. The van der Waals surface area contributed by atoms with Crippen molar-refractivity contribution in [3.05, 3.63) is 53.3 Å². The summed E-state index contributed by atoms with van der Waals surface area (Å²) in [6.07, 6.45) is 2.02. The van der Waals surface area contributed by atoms with E-state index >= 15 is 0 Å². The van der Waals surface area contributed by atoms with E-state index in [2.05, 4.69) is 15.6 Å². The average Bonchev–Trinajstić information content (AvgIpc) is 3.49. The third-order valence-electron chi connectivity index (χ3n) is 5.76. The lowest BCUT2D eigenvalue weighted by molar-refractivity contribution is 0.0918. The quantitative estimate of drug-likeness (QED) is 0.572. The topological polar surface area (TPSA) is 136 Å². The van der Waals surface area contributed by atoms with E-state index in [0.717, 1.165) is 23.8 Å². The Morgan fingerprint density at radius 3 is 2.71 bits per heavy atom. The van der Waals surface area contributed by atoms with E-state index < -0.39 is 15.9 Å². The molecule has 9 nitrogen and oxygen atoms in total. The molecule has 5 rings (SSSR count). The number of anilines is 1. The second kappa shape index (κ2) is 6.89. The number of carbonyl (C=O) groups is 2. The molecule has 2 amide bonds. The number of hydrogen-bond acceptors (Lipinski definition) is 5. The molecule has 1 aromatic carbocycles. The zero-order valence-electron chi connectivity index (χ0n) is 16.8. The number of aromatic nitrogens is 2. The van der Waals surface area contributed by atoms with Crippen LogP contribution in [0.5, 0.6) is 0 Å². The monoisotopic (exact) mass is 439 g/mol. The summed E-state index contributed by atoms with van der Waals surface area (Å²) in [6.45, 7) is 2.43. The smallest absolute Gasteiger partial charge is 0.274 e.